The second-order valence-electron chi connectivity index (χ2n) is 7.59. The van der Waals surface area contributed by atoms with Crippen LogP contribution in [0.3, 0.4) is 0 Å². The lowest BCUT2D eigenvalue weighted by Crippen LogP contribution is -2.25. The molecular formula is C23H25NO3. The average Bonchev–Trinajstić information content (AvgIpc) is 2.81. The zero-order chi connectivity index (χ0) is 19.8. The predicted molar refractivity (Wildman–Crippen MR) is 107 cm³/mol. The molecule has 0 N–H and O–H groups in total. The van der Waals surface area contributed by atoms with Crippen LogP contribution in [0.15, 0.2) is 54.2 Å². The molecule has 1 aliphatic heterocycles. The number of carbonyl (C=O) groups excluding carboxylic acids is 2. The Morgan fingerprint density at radius 2 is 1.81 bits per heavy atom. The number of anilines is 1. The second-order valence-corrected chi connectivity index (χ2v) is 7.59. The van der Waals surface area contributed by atoms with E-state index in [9.17, 15) is 9.59 Å². The van der Waals surface area contributed by atoms with Crippen LogP contribution < -0.4 is 4.90 Å². The standard InChI is InChI=1S/C23H25NO3/c1-15-10-11-18(16(2)12-15)22(26)27-14-17(25)13-21-23(3,4)19-8-6-7-9-20(19)24(21)5/h6-13H,14H2,1-5H3/b21-13+. The maximum atomic E-state index is 12.5. The summed E-state index contributed by atoms with van der Waals surface area (Å²) in [5.74, 6) is -0.697. The van der Waals surface area contributed by atoms with Crippen molar-refractivity contribution in [3.8, 4) is 0 Å². The third-order valence-electron chi connectivity index (χ3n) is 5.19. The van der Waals surface area contributed by atoms with Gasteiger partial charge in [-0.2, -0.15) is 0 Å². The first-order valence-corrected chi connectivity index (χ1v) is 9.04. The minimum Gasteiger partial charge on any atom is -0.454 e. The monoisotopic (exact) mass is 363 g/mol. The highest BCUT2D eigenvalue weighted by molar-refractivity contribution is 5.97. The zero-order valence-electron chi connectivity index (χ0n) is 16.5. The van der Waals surface area contributed by atoms with E-state index < -0.39 is 5.97 Å². The number of nitrogens with zero attached hydrogens (tertiary/aromatic N) is 1. The summed E-state index contributed by atoms with van der Waals surface area (Å²) < 4.78 is 5.25. The van der Waals surface area contributed by atoms with Crippen LogP contribution in [0, 0.1) is 13.8 Å². The molecule has 2 aromatic rings. The fourth-order valence-corrected chi connectivity index (χ4v) is 3.71. The Morgan fingerprint density at radius 1 is 1.11 bits per heavy atom. The van der Waals surface area contributed by atoms with Crippen LogP contribution >= 0.6 is 0 Å². The molecule has 0 unspecified atom stereocenters. The lowest BCUT2D eigenvalue weighted by atomic mass is 9.83. The zero-order valence-corrected chi connectivity index (χ0v) is 16.5. The molecule has 0 radical (unpaired) electrons. The van der Waals surface area contributed by atoms with E-state index in [1.54, 1.807) is 12.1 Å². The molecule has 1 heterocycles. The molecule has 4 nitrogen and oxygen atoms in total. The summed E-state index contributed by atoms with van der Waals surface area (Å²) in [5.41, 5.74) is 5.31. The van der Waals surface area contributed by atoms with Crippen LogP contribution in [0.2, 0.25) is 0 Å². The third kappa shape index (κ3) is 3.52. The van der Waals surface area contributed by atoms with Crippen LogP contribution in [-0.4, -0.2) is 25.4 Å². The molecule has 0 fully saturated rings. The number of hydrogen-bond acceptors (Lipinski definition) is 4. The summed E-state index contributed by atoms with van der Waals surface area (Å²) >= 11 is 0. The molecule has 0 spiro atoms. The molecule has 0 bridgehead atoms. The molecule has 1 aliphatic rings. The van der Waals surface area contributed by atoms with Gasteiger partial charge in [-0.1, -0.05) is 49.7 Å². The van der Waals surface area contributed by atoms with Crippen molar-refractivity contribution in [2.45, 2.75) is 33.1 Å². The van der Waals surface area contributed by atoms with Gasteiger partial charge in [-0.15, -0.1) is 0 Å². The Balaban J connectivity index is 1.73. The molecule has 0 saturated heterocycles. The van der Waals surface area contributed by atoms with Crippen LogP contribution in [-0.2, 0) is 14.9 Å². The van der Waals surface area contributed by atoms with E-state index in [2.05, 4.69) is 19.9 Å². The van der Waals surface area contributed by atoms with Gasteiger partial charge >= 0.3 is 5.97 Å². The smallest absolute Gasteiger partial charge is 0.338 e. The molecule has 0 saturated carbocycles. The van der Waals surface area contributed by atoms with Gasteiger partial charge in [-0.25, -0.2) is 4.79 Å². The maximum absolute atomic E-state index is 12.5. The van der Waals surface area contributed by atoms with Crippen LogP contribution in [0.1, 0.15) is 40.9 Å². The number of hydrogen-bond donors (Lipinski definition) is 0. The number of fused-ring (bicyclic) bond motifs is 1. The van der Waals surface area contributed by atoms with Crippen LogP contribution in [0.5, 0.6) is 0 Å². The van der Waals surface area contributed by atoms with Gasteiger partial charge in [0.2, 0.25) is 0 Å². The first-order chi connectivity index (χ1) is 12.7. The second kappa shape index (κ2) is 7.03. The molecular weight excluding hydrogens is 338 g/mol. The molecule has 27 heavy (non-hydrogen) atoms. The van der Waals surface area contributed by atoms with Crippen molar-refractivity contribution in [3.63, 3.8) is 0 Å². The minimum absolute atomic E-state index is 0.226. The van der Waals surface area contributed by atoms with E-state index in [0.29, 0.717) is 5.56 Å². The van der Waals surface area contributed by atoms with Crippen molar-refractivity contribution < 1.29 is 14.3 Å². The highest BCUT2D eigenvalue weighted by atomic mass is 16.5. The minimum atomic E-state index is -0.471. The molecule has 140 valence electrons. The van der Waals surface area contributed by atoms with E-state index in [1.165, 1.54) is 5.56 Å². The predicted octanol–water partition coefficient (Wildman–Crippen LogP) is 4.34. The fraction of sp³-hybridized carbons (Fsp3) is 0.304. The van der Waals surface area contributed by atoms with E-state index in [4.69, 9.17) is 4.74 Å². The maximum Gasteiger partial charge on any atom is 0.338 e. The number of aryl methyl sites for hydroxylation is 2. The number of ketones is 1. The highest BCUT2D eigenvalue weighted by Gasteiger charge is 2.38. The van der Waals surface area contributed by atoms with Gasteiger partial charge in [0.1, 0.15) is 0 Å². The number of likely N-dealkylation sites (N-methyl/N-ethyl adjacent to an activating group) is 1. The van der Waals surface area contributed by atoms with E-state index in [0.717, 1.165) is 22.5 Å². The number of para-hydroxylation sites is 1. The van der Waals surface area contributed by atoms with Crippen LogP contribution in [0.25, 0.3) is 0 Å². The average molecular weight is 363 g/mol. The molecule has 0 aliphatic carbocycles. The molecule has 2 aromatic carbocycles. The van der Waals surface area contributed by atoms with Crippen molar-refractivity contribution in [1.29, 1.82) is 0 Å². The summed E-state index contributed by atoms with van der Waals surface area (Å²) in [6.07, 6.45) is 1.59. The van der Waals surface area contributed by atoms with Gasteiger partial charge in [-0.05, 0) is 37.1 Å². The summed E-state index contributed by atoms with van der Waals surface area (Å²) in [6.45, 7) is 7.75. The molecule has 0 amide bonds. The number of carbonyl (C=O) groups is 2. The Morgan fingerprint density at radius 3 is 2.48 bits per heavy atom. The fourth-order valence-electron chi connectivity index (χ4n) is 3.71. The topological polar surface area (TPSA) is 46.6 Å². The van der Waals surface area contributed by atoms with Gasteiger partial charge < -0.3 is 9.64 Å². The highest BCUT2D eigenvalue weighted by Crippen LogP contribution is 2.46. The van der Waals surface area contributed by atoms with E-state index in [-0.39, 0.29) is 17.8 Å². The van der Waals surface area contributed by atoms with Crippen molar-refractivity contribution in [3.05, 3.63) is 76.5 Å². The van der Waals surface area contributed by atoms with Crippen molar-refractivity contribution >= 4 is 17.4 Å². The number of allylic oxidation sites excluding steroid dienone is 1. The molecule has 0 aromatic heterocycles. The number of rotatable bonds is 4. The first-order valence-electron chi connectivity index (χ1n) is 9.04. The quantitative estimate of drug-likeness (QED) is 0.599. The van der Waals surface area contributed by atoms with Gasteiger partial charge in [0.25, 0.3) is 0 Å². The number of benzene rings is 2. The van der Waals surface area contributed by atoms with Crippen molar-refractivity contribution in [2.75, 3.05) is 18.6 Å². The largest absolute Gasteiger partial charge is 0.454 e. The van der Waals surface area contributed by atoms with Crippen molar-refractivity contribution in [2.24, 2.45) is 0 Å². The third-order valence-corrected chi connectivity index (χ3v) is 5.19. The number of esters is 1. The van der Waals surface area contributed by atoms with Crippen molar-refractivity contribution in [1.82, 2.24) is 0 Å². The molecule has 4 heteroatoms. The Kier molecular flexibility index (Phi) is 4.92. The Bertz CT molecular complexity index is 940. The summed E-state index contributed by atoms with van der Waals surface area (Å²) in [5, 5.41) is 0. The van der Waals surface area contributed by atoms with E-state index in [1.807, 2.05) is 56.1 Å². The first kappa shape index (κ1) is 18.9. The Hall–Kier alpha value is -2.88. The van der Waals surface area contributed by atoms with Gasteiger partial charge in [0, 0.05) is 29.9 Å². The van der Waals surface area contributed by atoms with Gasteiger partial charge in [0.15, 0.2) is 12.4 Å². The normalized spacial score (nSPS) is 16.3. The summed E-state index contributed by atoms with van der Waals surface area (Å²) in [7, 11) is 1.95. The van der Waals surface area contributed by atoms with Gasteiger partial charge in [-0.3, -0.25) is 4.79 Å². The SMILES string of the molecule is Cc1ccc(C(=O)OCC(=O)/C=C2/N(C)c3ccccc3C2(C)C)c(C)c1. The number of ether oxygens (including phenoxy) is 1. The molecule has 0 atom stereocenters. The summed E-state index contributed by atoms with van der Waals surface area (Å²) in [6, 6.07) is 13.6. The Labute approximate surface area is 160 Å². The van der Waals surface area contributed by atoms with Gasteiger partial charge in [0.05, 0.1) is 5.56 Å². The van der Waals surface area contributed by atoms with Crippen LogP contribution in [0.4, 0.5) is 5.69 Å². The van der Waals surface area contributed by atoms with E-state index >= 15 is 0 Å². The molecule has 3 rings (SSSR count). The lowest BCUT2D eigenvalue weighted by molar-refractivity contribution is -0.117. The summed E-state index contributed by atoms with van der Waals surface area (Å²) in [4.78, 5) is 26.8. The lowest BCUT2D eigenvalue weighted by Gasteiger charge is -2.23.